The number of esters is 1. The van der Waals surface area contributed by atoms with Crippen LogP contribution >= 0.6 is 31.0 Å². The second kappa shape index (κ2) is 24.4. The van der Waals surface area contributed by atoms with E-state index < -0.39 is 56.6 Å². The molecule has 0 saturated heterocycles. The molecule has 1 aliphatic heterocycles. The molecular formula is C35H53ClFN6O11PS2. The first-order valence-corrected chi connectivity index (χ1v) is 23.4. The lowest BCUT2D eigenvalue weighted by Crippen LogP contribution is -2.37. The fourth-order valence-electron chi connectivity index (χ4n) is 4.77. The van der Waals surface area contributed by atoms with Crippen LogP contribution < -0.4 is 31.2 Å². The molecule has 1 aromatic carbocycles. The monoisotopic (exact) mass is 882 g/mol. The van der Waals surface area contributed by atoms with E-state index in [9.17, 15) is 37.8 Å². The lowest BCUT2D eigenvalue weighted by atomic mass is 9.93. The van der Waals surface area contributed by atoms with Gasteiger partial charge in [-0.15, -0.1) is 10.2 Å². The van der Waals surface area contributed by atoms with Gasteiger partial charge in [0, 0.05) is 22.6 Å². The molecule has 4 rings (SSSR count). The molecule has 57 heavy (non-hydrogen) atoms. The number of aromatic nitrogens is 3. The van der Waals surface area contributed by atoms with E-state index in [1.807, 2.05) is 33.0 Å². The van der Waals surface area contributed by atoms with Crippen molar-refractivity contribution in [3.8, 4) is 5.75 Å². The third-order valence-corrected chi connectivity index (χ3v) is 8.89. The van der Waals surface area contributed by atoms with Crippen LogP contribution in [0.3, 0.4) is 0 Å². The second-order valence-corrected chi connectivity index (χ2v) is 19.1. The summed E-state index contributed by atoms with van der Waals surface area (Å²) >= 11 is 7.31. The summed E-state index contributed by atoms with van der Waals surface area (Å²) in [6.07, 6.45) is 13.1. The first-order valence-electron chi connectivity index (χ1n) is 17.6. The van der Waals surface area contributed by atoms with Gasteiger partial charge in [0.1, 0.15) is 24.9 Å². The number of carboxylic acid groups (broad SMARTS) is 1. The molecular weight excluding hydrogens is 830 g/mol. The normalized spacial score (nSPS) is 14.6. The lowest BCUT2D eigenvalue weighted by molar-refractivity contribution is -0.193. The molecule has 2 aliphatic rings. The van der Waals surface area contributed by atoms with E-state index in [0.29, 0.717) is 52.3 Å². The Balaban J connectivity index is 0.000000479. The summed E-state index contributed by atoms with van der Waals surface area (Å²) in [7, 11) is -3.71. The first kappa shape index (κ1) is 51.5. The maximum Gasteiger partial charge on any atom is 0.344 e. The number of anilines is 1. The highest BCUT2D eigenvalue weighted by atomic mass is 35.5. The fraction of sp³-hybridized carbons (Fsp3) is 0.571. The van der Waals surface area contributed by atoms with Gasteiger partial charge in [-0.3, -0.25) is 24.5 Å². The van der Waals surface area contributed by atoms with Crippen LogP contribution in [-0.4, -0.2) is 99.7 Å². The molecule has 0 spiro atoms. The van der Waals surface area contributed by atoms with Crippen LogP contribution in [0.4, 0.5) is 10.1 Å². The molecule has 17 nitrogen and oxygen atoms in total. The summed E-state index contributed by atoms with van der Waals surface area (Å²) < 4.78 is 35.9. The highest BCUT2D eigenvalue weighted by molar-refractivity contribution is 7.98. The summed E-state index contributed by atoms with van der Waals surface area (Å²) in [5.41, 5.74) is 0.449. The molecule has 0 radical (unpaired) electrons. The number of ether oxygens (including phenoxy) is 2. The number of hydrogen-bond donors (Lipinski definition) is 4. The number of amides is 2. The maximum absolute atomic E-state index is 14.5. The molecule has 22 heteroatoms. The number of halogens is 2. The predicted octanol–water partition coefficient (Wildman–Crippen LogP) is 3.36. The van der Waals surface area contributed by atoms with Crippen molar-refractivity contribution in [1.29, 1.82) is 0 Å². The van der Waals surface area contributed by atoms with Crippen molar-refractivity contribution in [2.24, 2.45) is 0 Å². The Morgan fingerprint density at radius 3 is 2.14 bits per heavy atom. The Kier molecular flexibility index (Phi) is 22.1. The molecule has 1 unspecified atom stereocenters. The molecule has 1 aliphatic carbocycles. The quantitative estimate of drug-likeness (QED) is 0.0428. The zero-order valence-corrected chi connectivity index (χ0v) is 36.7. The van der Waals surface area contributed by atoms with E-state index in [2.05, 4.69) is 29.0 Å². The van der Waals surface area contributed by atoms with Gasteiger partial charge in [-0.1, -0.05) is 63.9 Å². The number of unbranched alkanes of at least 4 members (excludes halogenated alkanes) is 2. The number of aliphatic carboxylic acids is 1. The van der Waals surface area contributed by atoms with Crippen LogP contribution in [0.25, 0.3) is 0 Å². The lowest BCUT2D eigenvalue weighted by Gasteiger charge is -2.18. The number of rotatable bonds is 13. The molecule has 1 atom stereocenters. The van der Waals surface area contributed by atoms with Crippen LogP contribution in [0.15, 0.2) is 33.2 Å². The van der Waals surface area contributed by atoms with Gasteiger partial charge in [-0.25, -0.2) is 14.1 Å². The van der Waals surface area contributed by atoms with Gasteiger partial charge in [0.05, 0.1) is 48.9 Å². The molecule has 0 fully saturated rings. The maximum atomic E-state index is 14.5. The second-order valence-electron chi connectivity index (χ2n) is 13.9. The standard InChI is InChI=1S/C21H23ClFNO5.C8H14N4OS.C3H8NO5P.C3H9S/c1-2-3-6-9-28-19(25)12-29-18-11-17(16(23)10-15(18)22)24-20(26)13-7-4-5-8-14(13)21(24)27;1-8(2,3)5-6(13)12(9)7(14-4)11-10-5;5-3(6)1-4-2-10(7,8)9;1-4(2)3/h10-11H,2-9,12H2,1H3;9H2,1-4H3;4H,1-2H2,(H,5,6)(H2,7,8,9);1-3H3/q;;;+1/p-1. The first-order chi connectivity index (χ1) is 26.5. The minimum Gasteiger partial charge on any atom is -0.778 e. The number of carbonyl (C=O) groups is 4. The highest BCUT2D eigenvalue weighted by Crippen LogP contribution is 2.39. The van der Waals surface area contributed by atoms with Crippen molar-refractivity contribution in [3.63, 3.8) is 0 Å². The molecule has 2 heterocycles. The van der Waals surface area contributed by atoms with E-state index in [1.54, 1.807) is 6.26 Å². The van der Waals surface area contributed by atoms with Gasteiger partial charge in [-0.2, -0.15) is 4.68 Å². The molecule has 5 N–H and O–H groups in total. The van der Waals surface area contributed by atoms with Crippen LogP contribution in [-0.2, 0) is 44.8 Å². The van der Waals surface area contributed by atoms with Crippen molar-refractivity contribution >= 4 is 71.3 Å². The van der Waals surface area contributed by atoms with Gasteiger partial charge in [-0.05, 0) is 55.3 Å². The number of thioether (sulfide) groups is 1. The summed E-state index contributed by atoms with van der Waals surface area (Å²) in [5.74, 6) is 1.99. The summed E-state index contributed by atoms with van der Waals surface area (Å²) in [6, 6.07) is 2.15. The summed E-state index contributed by atoms with van der Waals surface area (Å²) in [5, 5.41) is 18.1. The minimum atomic E-state index is -4.35. The Morgan fingerprint density at radius 2 is 1.67 bits per heavy atom. The van der Waals surface area contributed by atoms with Crippen molar-refractivity contribution in [2.75, 3.05) is 61.8 Å². The van der Waals surface area contributed by atoms with Gasteiger partial charge in [0.2, 0.25) is 5.16 Å². The number of carbonyl (C=O) groups excluding carboxylic acids is 3. The zero-order valence-electron chi connectivity index (χ0n) is 33.4. The van der Waals surface area contributed by atoms with Gasteiger partial charge >= 0.3 is 11.9 Å². The third-order valence-electron chi connectivity index (χ3n) is 7.33. The van der Waals surface area contributed by atoms with Gasteiger partial charge in [0.15, 0.2) is 6.61 Å². The number of benzene rings is 1. The van der Waals surface area contributed by atoms with Gasteiger partial charge < -0.3 is 34.8 Å². The number of nitrogen functional groups attached to an aromatic ring is 1. The SMILES string of the molecule is CCCCCOC(=O)COc1cc(N2C(=O)C3=C(CCCC3)C2=O)c(F)cc1Cl.CSc1nnc(C(C)(C)C)c(=O)n1N.C[S+](C)C.O=C(O)CNCP(=O)([O-])O. The van der Waals surface area contributed by atoms with E-state index in [-0.39, 0.29) is 27.4 Å². The van der Waals surface area contributed by atoms with E-state index in [4.69, 9.17) is 36.9 Å². The Morgan fingerprint density at radius 1 is 1.11 bits per heavy atom. The van der Waals surface area contributed by atoms with E-state index in [1.165, 1.54) is 17.8 Å². The predicted molar refractivity (Wildman–Crippen MR) is 218 cm³/mol. The Labute approximate surface area is 343 Å². The molecule has 0 saturated carbocycles. The zero-order chi connectivity index (χ0) is 43.7. The topological polar surface area (TPSA) is 256 Å². The number of imide groups is 1. The molecule has 0 bridgehead atoms. The van der Waals surface area contributed by atoms with Crippen molar-refractivity contribution in [3.05, 3.63) is 50.2 Å². The van der Waals surface area contributed by atoms with Crippen LogP contribution in [0.1, 0.15) is 78.3 Å². The van der Waals surface area contributed by atoms with Gasteiger partial charge in [0.25, 0.3) is 17.4 Å². The number of nitrogens with two attached hydrogens (primary N) is 1. The van der Waals surface area contributed by atoms with E-state index in [0.717, 1.165) is 47.7 Å². The minimum absolute atomic E-state index is 0.000883. The number of carboxylic acids is 1. The number of hydrogen-bond acceptors (Lipinski definition) is 14. The average Bonchev–Trinajstić information content (AvgIpc) is 3.35. The fourth-order valence-corrected chi connectivity index (χ4v) is 5.78. The summed E-state index contributed by atoms with van der Waals surface area (Å²) in [4.78, 5) is 77.4. The van der Waals surface area contributed by atoms with Crippen molar-refractivity contribution in [2.45, 2.75) is 83.2 Å². The molecule has 320 valence electrons. The van der Waals surface area contributed by atoms with Crippen LogP contribution in [0, 0.1) is 5.82 Å². The molecule has 2 aromatic rings. The third kappa shape index (κ3) is 17.9. The molecule has 1 aromatic heterocycles. The number of nitrogens with zero attached hydrogens (tertiary/aromatic N) is 4. The average molecular weight is 883 g/mol. The van der Waals surface area contributed by atoms with Crippen LogP contribution in [0.2, 0.25) is 5.02 Å². The van der Waals surface area contributed by atoms with Crippen molar-refractivity contribution in [1.82, 2.24) is 20.2 Å². The number of nitrogens with one attached hydrogen (secondary N) is 1. The van der Waals surface area contributed by atoms with E-state index >= 15 is 0 Å². The largest absolute Gasteiger partial charge is 0.778 e. The summed E-state index contributed by atoms with van der Waals surface area (Å²) in [6.45, 7) is 7.15. The van der Waals surface area contributed by atoms with Crippen molar-refractivity contribution < 1.29 is 52.5 Å². The smallest absolute Gasteiger partial charge is 0.344 e. The molecule has 2 amide bonds. The van der Waals surface area contributed by atoms with Crippen LogP contribution in [0.5, 0.6) is 5.75 Å². The highest BCUT2D eigenvalue weighted by Gasteiger charge is 2.41. The Bertz CT molecular complexity index is 1820. The Hall–Kier alpha value is -3.52.